The highest BCUT2D eigenvalue weighted by molar-refractivity contribution is 6.14. The van der Waals surface area contributed by atoms with E-state index in [0.29, 0.717) is 17.5 Å². The molecular weight excluding hydrogens is 755 g/mol. The zero-order valence-corrected chi connectivity index (χ0v) is 33.6. The van der Waals surface area contributed by atoms with Crippen LogP contribution in [0.15, 0.2) is 224 Å². The van der Waals surface area contributed by atoms with E-state index in [0.717, 1.165) is 77.8 Å². The van der Waals surface area contributed by atoms with Gasteiger partial charge in [-0.1, -0.05) is 176 Å². The standard InChI is InChI=1S/C57H37N5/c1-4-19-38(20-5-1)42-25-10-11-26-43(42)44-27-12-13-30-49(44)56-58-55(39-35-36-47-45-28-14-16-33-51(45)61(53(47)37-39)40-21-6-2-7-22-40)59-57(60-56)50-32-18-31-48-46-29-15-17-34-52(46)62(54(48)50)41-23-8-3-9-24-41/h1-37H. The van der Waals surface area contributed by atoms with Crippen LogP contribution >= 0.6 is 0 Å². The molecule has 3 heterocycles. The van der Waals surface area contributed by atoms with Crippen molar-refractivity contribution >= 4 is 43.6 Å². The van der Waals surface area contributed by atoms with E-state index in [1.54, 1.807) is 0 Å². The summed E-state index contributed by atoms with van der Waals surface area (Å²) in [6.45, 7) is 0. The van der Waals surface area contributed by atoms with Crippen molar-refractivity contribution in [2.24, 2.45) is 0 Å². The first kappa shape index (κ1) is 35.5. The molecule has 0 radical (unpaired) electrons. The van der Waals surface area contributed by atoms with Crippen LogP contribution in [0.5, 0.6) is 0 Å². The Labute approximate surface area is 358 Å². The molecule has 62 heavy (non-hydrogen) atoms. The fourth-order valence-corrected chi connectivity index (χ4v) is 9.26. The van der Waals surface area contributed by atoms with Crippen molar-refractivity contribution in [2.75, 3.05) is 0 Å². The van der Waals surface area contributed by atoms with Gasteiger partial charge in [0, 0.05) is 49.6 Å². The minimum absolute atomic E-state index is 0.599. The molecule has 0 aliphatic rings. The Morgan fingerprint density at radius 3 is 1.40 bits per heavy atom. The summed E-state index contributed by atoms with van der Waals surface area (Å²) >= 11 is 0. The summed E-state index contributed by atoms with van der Waals surface area (Å²) in [7, 11) is 0. The number of hydrogen-bond acceptors (Lipinski definition) is 3. The predicted octanol–water partition coefficient (Wildman–Crippen LogP) is 14.4. The van der Waals surface area contributed by atoms with Crippen molar-refractivity contribution in [2.45, 2.75) is 0 Å². The fourth-order valence-electron chi connectivity index (χ4n) is 9.26. The van der Waals surface area contributed by atoms with E-state index in [1.807, 2.05) is 0 Å². The summed E-state index contributed by atoms with van der Waals surface area (Å²) in [5.41, 5.74) is 13.8. The van der Waals surface area contributed by atoms with E-state index in [9.17, 15) is 0 Å². The van der Waals surface area contributed by atoms with Crippen LogP contribution in [0.1, 0.15) is 0 Å². The number of hydrogen-bond donors (Lipinski definition) is 0. The van der Waals surface area contributed by atoms with Crippen LogP contribution in [0.25, 0.3) is 111 Å². The number of rotatable bonds is 7. The number of benzene rings is 9. The van der Waals surface area contributed by atoms with E-state index in [4.69, 9.17) is 15.0 Å². The van der Waals surface area contributed by atoms with E-state index in [-0.39, 0.29) is 0 Å². The van der Waals surface area contributed by atoms with Gasteiger partial charge < -0.3 is 9.13 Å². The lowest BCUT2D eigenvalue weighted by molar-refractivity contribution is 1.07. The van der Waals surface area contributed by atoms with Crippen molar-refractivity contribution in [3.63, 3.8) is 0 Å². The molecule has 0 saturated heterocycles. The van der Waals surface area contributed by atoms with Gasteiger partial charge in [0.1, 0.15) is 0 Å². The molecule has 9 aromatic carbocycles. The first-order chi connectivity index (χ1) is 30.8. The van der Waals surface area contributed by atoms with Crippen molar-refractivity contribution in [3.8, 4) is 67.8 Å². The van der Waals surface area contributed by atoms with Crippen LogP contribution in [0.2, 0.25) is 0 Å². The Balaban J connectivity index is 1.15. The molecule has 5 heteroatoms. The average Bonchev–Trinajstić information content (AvgIpc) is 3.87. The molecule has 290 valence electrons. The Hall–Kier alpha value is -8.41. The Bertz CT molecular complexity index is 3620. The van der Waals surface area contributed by atoms with Crippen LogP contribution in [0.3, 0.4) is 0 Å². The maximum Gasteiger partial charge on any atom is 0.166 e. The quantitative estimate of drug-likeness (QED) is 0.162. The number of fused-ring (bicyclic) bond motifs is 6. The van der Waals surface area contributed by atoms with Crippen LogP contribution in [-0.4, -0.2) is 24.1 Å². The Morgan fingerprint density at radius 1 is 0.258 bits per heavy atom. The minimum atomic E-state index is 0.599. The summed E-state index contributed by atoms with van der Waals surface area (Å²) in [5, 5.41) is 4.67. The normalized spacial score (nSPS) is 11.5. The van der Waals surface area contributed by atoms with Gasteiger partial charge in [-0.2, -0.15) is 0 Å². The third-order valence-corrected chi connectivity index (χ3v) is 12.0. The van der Waals surface area contributed by atoms with Gasteiger partial charge in [0.05, 0.1) is 22.1 Å². The second-order valence-corrected chi connectivity index (χ2v) is 15.6. The van der Waals surface area contributed by atoms with E-state index in [1.165, 1.54) is 16.2 Å². The molecule has 0 aliphatic carbocycles. The molecule has 5 nitrogen and oxygen atoms in total. The minimum Gasteiger partial charge on any atom is -0.309 e. The molecule has 0 aliphatic heterocycles. The second-order valence-electron chi connectivity index (χ2n) is 15.6. The van der Waals surface area contributed by atoms with Crippen molar-refractivity contribution in [3.05, 3.63) is 224 Å². The van der Waals surface area contributed by atoms with Gasteiger partial charge in [0.15, 0.2) is 17.5 Å². The summed E-state index contributed by atoms with van der Waals surface area (Å²) in [4.78, 5) is 16.3. The molecule has 0 N–H and O–H groups in total. The lowest BCUT2D eigenvalue weighted by atomic mass is 9.91. The molecule has 0 fully saturated rings. The van der Waals surface area contributed by atoms with Gasteiger partial charge in [-0.15, -0.1) is 0 Å². The molecule has 0 unspecified atom stereocenters. The lowest BCUT2D eigenvalue weighted by Crippen LogP contribution is -2.03. The number of para-hydroxylation sites is 5. The van der Waals surface area contributed by atoms with Crippen molar-refractivity contribution in [1.29, 1.82) is 0 Å². The largest absolute Gasteiger partial charge is 0.309 e. The summed E-state index contributed by atoms with van der Waals surface area (Å²) in [5.74, 6) is 1.80. The SMILES string of the molecule is c1ccc(-c2ccccc2-c2ccccc2-c2nc(-c3ccc4c5ccccc5n(-c5ccccc5)c4c3)nc(-c3cccc4c5ccccc5n(-c5ccccc5)c34)n2)cc1. The maximum atomic E-state index is 5.46. The van der Waals surface area contributed by atoms with Gasteiger partial charge in [-0.3, -0.25) is 0 Å². The molecule has 0 atom stereocenters. The van der Waals surface area contributed by atoms with Gasteiger partial charge in [0.25, 0.3) is 0 Å². The highest BCUT2D eigenvalue weighted by atomic mass is 15.1. The predicted molar refractivity (Wildman–Crippen MR) is 256 cm³/mol. The lowest BCUT2D eigenvalue weighted by Gasteiger charge is -2.16. The molecule has 0 saturated carbocycles. The van der Waals surface area contributed by atoms with Crippen molar-refractivity contribution in [1.82, 2.24) is 24.1 Å². The zero-order valence-electron chi connectivity index (χ0n) is 33.6. The number of aromatic nitrogens is 5. The monoisotopic (exact) mass is 791 g/mol. The smallest absolute Gasteiger partial charge is 0.166 e. The third-order valence-electron chi connectivity index (χ3n) is 12.0. The highest BCUT2D eigenvalue weighted by Gasteiger charge is 2.22. The molecule has 0 spiro atoms. The maximum absolute atomic E-state index is 5.46. The summed E-state index contributed by atoms with van der Waals surface area (Å²) < 4.78 is 4.68. The molecule has 12 aromatic rings. The van der Waals surface area contributed by atoms with Gasteiger partial charge in [-0.05, 0) is 70.8 Å². The topological polar surface area (TPSA) is 48.5 Å². The van der Waals surface area contributed by atoms with E-state index >= 15 is 0 Å². The Morgan fingerprint density at radius 2 is 0.710 bits per heavy atom. The van der Waals surface area contributed by atoms with E-state index < -0.39 is 0 Å². The molecule has 3 aromatic heterocycles. The van der Waals surface area contributed by atoms with Gasteiger partial charge in [-0.25, -0.2) is 15.0 Å². The molecule has 0 bridgehead atoms. The average molecular weight is 792 g/mol. The first-order valence-electron chi connectivity index (χ1n) is 21.0. The first-order valence-corrected chi connectivity index (χ1v) is 21.0. The summed E-state index contributed by atoms with van der Waals surface area (Å²) in [6.07, 6.45) is 0. The Kier molecular flexibility index (Phi) is 8.42. The summed E-state index contributed by atoms with van der Waals surface area (Å²) in [6, 6.07) is 79.1. The fraction of sp³-hybridized carbons (Fsp3) is 0. The second kappa shape index (κ2) is 14.7. The molecule has 0 amide bonds. The number of nitrogens with zero attached hydrogens (tertiary/aromatic N) is 5. The van der Waals surface area contributed by atoms with Crippen LogP contribution in [-0.2, 0) is 0 Å². The highest BCUT2D eigenvalue weighted by Crippen LogP contribution is 2.41. The van der Waals surface area contributed by atoms with Crippen LogP contribution in [0.4, 0.5) is 0 Å². The van der Waals surface area contributed by atoms with Crippen molar-refractivity contribution < 1.29 is 0 Å². The zero-order chi connectivity index (χ0) is 41.0. The van der Waals surface area contributed by atoms with Crippen LogP contribution in [0, 0.1) is 0 Å². The van der Waals surface area contributed by atoms with Gasteiger partial charge >= 0.3 is 0 Å². The third kappa shape index (κ3) is 5.82. The molecular formula is C57H37N5. The van der Waals surface area contributed by atoms with Crippen LogP contribution < -0.4 is 0 Å². The molecule has 12 rings (SSSR count). The van der Waals surface area contributed by atoms with Gasteiger partial charge in [0.2, 0.25) is 0 Å². The van der Waals surface area contributed by atoms with E-state index in [2.05, 4.69) is 234 Å².